The number of nitrogens with zero attached hydrogens (tertiary/aromatic N) is 1. The van der Waals surface area contributed by atoms with Crippen LogP contribution in [0.15, 0.2) is 48.5 Å². The minimum atomic E-state index is -0.586. The van der Waals surface area contributed by atoms with Gasteiger partial charge in [0.25, 0.3) is 0 Å². The van der Waals surface area contributed by atoms with Crippen molar-refractivity contribution < 1.29 is 9.84 Å². The summed E-state index contributed by atoms with van der Waals surface area (Å²) in [5.74, 6) is 0.761. The zero-order chi connectivity index (χ0) is 15.2. The number of hydrogen-bond acceptors (Lipinski definition) is 3. The molecule has 112 valence electrons. The lowest BCUT2D eigenvalue weighted by Gasteiger charge is -2.24. The van der Waals surface area contributed by atoms with Crippen molar-refractivity contribution in [1.29, 1.82) is 0 Å². The Morgan fingerprint density at radius 2 is 1.86 bits per heavy atom. The Balaban J connectivity index is 2.16. The SMILES string of the molecule is CCOc1ccc(C)cc1C(O)CN(C)c1ccccc1. The van der Waals surface area contributed by atoms with Gasteiger partial charge in [-0.2, -0.15) is 0 Å². The first-order valence-electron chi connectivity index (χ1n) is 7.29. The van der Waals surface area contributed by atoms with Gasteiger partial charge in [0.1, 0.15) is 11.9 Å². The Labute approximate surface area is 126 Å². The molecule has 3 nitrogen and oxygen atoms in total. The summed E-state index contributed by atoms with van der Waals surface area (Å²) in [4.78, 5) is 2.04. The van der Waals surface area contributed by atoms with E-state index in [4.69, 9.17) is 4.74 Å². The Morgan fingerprint density at radius 1 is 1.14 bits per heavy atom. The second-order valence-electron chi connectivity index (χ2n) is 5.21. The monoisotopic (exact) mass is 285 g/mol. The van der Waals surface area contributed by atoms with Gasteiger partial charge >= 0.3 is 0 Å². The molecule has 0 saturated carbocycles. The van der Waals surface area contributed by atoms with Crippen LogP contribution < -0.4 is 9.64 Å². The molecule has 0 spiro atoms. The van der Waals surface area contributed by atoms with E-state index in [0.717, 1.165) is 22.6 Å². The number of anilines is 1. The van der Waals surface area contributed by atoms with Crippen LogP contribution in [-0.2, 0) is 0 Å². The van der Waals surface area contributed by atoms with Gasteiger partial charge in [-0.05, 0) is 38.1 Å². The molecule has 0 radical (unpaired) electrons. The van der Waals surface area contributed by atoms with Gasteiger partial charge < -0.3 is 14.7 Å². The maximum absolute atomic E-state index is 10.6. The van der Waals surface area contributed by atoms with E-state index < -0.39 is 6.10 Å². The third-order valence-corrected chi connectivity index (χ3v) is 3.47. The summed E-state index contributed by atoms with van der Waals surface area (Å²) < 4.78 is 5.62. The Kier molecular flexibility index (Phi) is 5.23. The molecule has 0 bridgehead atoms. The number of para-hydroxylation sites is 1. The molecule has 0 aliphatic carbocycles. The van der Waals surface area contributed by atoms with Crippen LogP contribution in [0.1, 0.15) is 24.2 Å². The average Bonchev–Trinajstić information content (AvgIpc) is 2.50. The summed E-state index contributed by atoms with van der Waals surface area (Å²) in [6.07, 6.45) is -0.586. The molecule has 0 aliphatic heterocycles. The van der Waals surface area contributed by atoms with E-state index in [1.165, 1.54) is 0 Å². The van der Waals surface area contributed by atoms with Crippen LogP contribution in [0.5, 0.6) is 5.75 Å². The van der Waals surface area contributed by atoms with Crippen molar-refractivity contribution in [2.75, 3.05) is 25.1 Å². The fraction of sp³-hybridized carbons (Fsp3) is 0.333. The third kappa shape index (κ3) is 3.99. The lowest BCUT2D eigenvalue weighted by atomic mass is 10.0. The fourth-order valence-corrected chi connectivity index (χ4v) is 2.36. The van der Waals surface area contributed by atoms with Crippen LogP contribution in [0.4, 0.5) is 5.69 Å². The molecule has 0 saturated heterocycles. The fourth-order valence-electron chi connectivity index (χ4n) is 2.36. The predicted octanol–water partition coefficient (Wildman–Crippen LogP) is 3.56. The summed E-state index contributed by atoms with van der Waals surface area (Å²) in [7, 11) is 1.98. The number of aliphatic hydroxyl groups excluding tert-OH is 1. The molecule has 2 aromatic rings. The summed E-state index contributed by atoms with van der Waals surface area (Å²) in [5, 5.41) is 10.6. The normalized spacial score (nSPS) is 12.0. The average molecular weight is 285 g/mol. The van der Waals surface area contributed by atoms with Gasteiger partial charge in [0.15, 0.2) is 0 Å². The predicted molar refractivity (Wildman–Crippen MR) is 87.0 cm³/mol. The maximum Gasteiger partial charge on any atom is 0.125 e. The van der Waals surface area contributed by atoms with Crippen LogP contribution in [0.3, 0.4) is 0 Å². The Morgan fingerprint density at radius 3 is 2.52 bits per heavy atom. The smallest absolute Gasteiger partial charge is 0.125 e. The molecule has 1 atom stereocenters. The lowest BCUT2D eigenvalue weighted by Crippen LogP contribution is -2.24. The molecule has 21 heavy (non-hydrogen) atoms. The van der Waals surface area contributed by atoms with E-state index in [1.54, 1.807) is 0 Å². The second-order valence-corrected chi connectivity index (χ2v) is 5.21. The van der Waals surface area contributed by atoms with Crippen molar-refractivity contribution in [3.8, 4) is 5.75 Å². The van der Waals surface area contributed by atoms with Gasteiger partial charge in [-0.25, -0.2) is 0 Å². The van der Waals surface area contributed by atoms with Gasteiger partial charge in [0.2, 0.25) is 0 Å². The molecule has 0 aliphatic rings. The number of ether oxygens (including phenoxy) is 1. The van der Waals surface area contributed by atoms with E-state index in [2.05, 4.69) is 0 Å². The first-order valence-corrected chi connectivity index (χ1v) is 7.29. The van der Waals surface area contributed by atoms with Crippen molar-refractivity contribution in [1.82, 2.24) is 0 Å². The zero-order valence-corrected chi connectivity index (χ0v) is 12.9. The van der Waals surface area contributed by atoms with Gasteiger partial charge in [0, 0.05) is 24.8 Å². The number of hydrogen-bond donors (Lipinski definition) is 1. The van der Waals surface area contributed by atoms with Crippen molar-refractivity contribution in [2.24, 2.45) is 0 Å². The van der Waals surface area contributed by atoms with Crippen molar-refractivity contribution in [3.63, 3.8) is 0 Å². The van der Waals surface area contributed by atoms with E-state index in [9.17, 15) is 5.11 Å². The molecule has 0 amide bonds. The van der Waals surface area contributed by atoms with Gasteiger partial charge in [-0.3, -0.25) is 0 Å². The second kappa shape index (κ2) is 7.14. The van der Waals surface area contributed by atoms with Crippen LogP contribution in [-0.4, -0.2) is 25.3 Å². The van der Waals surface area contributed by atoms with E-state index in [1.807, 2.05) is 74.3 Å². The standard InChI is InChI=1S/C18H23NO2/c1-4-21-18-11-10-14(2)12-16(18)17(20)13-19(3)15-8-6-5-7-9-15/h5-12,17,20H,4,13H2,1-3H3. The van der Waals surface area contributed by atoms with Gasteiger partial charge in [-0.15, -0.1) is 0 Å². The molecule has 0 heterocycles. The van der Waals surface area contributed by atoms with E-state index >= 15 is 0 Å². The van der Waals surface area contributed by atoms with Gasteiger partial charge in [0.05, 0.1) is 6.61 Å². The first kappa shape index (κ1) is 15.4. The Hall–Kier alpha value is -2.00. The number of benzene rings is 2. The maximum atomic E-state index is 10.6. The highest BCUT2D eigenvalue weighted by atomic mass is 16.5. The number of aryl methyl sites for hydroxylation is 1. The number of likely N-dealkylation sites (N-methyl/N-ethyl adjacent to an activating group) is 1. The van der Waals surface area contributed by atoms with Crippen LogP contribution in [0, 0.1) is 6.92 Å². The van der Waals surface area contributed by atoms with Gasteiger partial charge in [-0.1, -0.05) is 29.8 Å². The van der Waals surface area contributed by atoms with Crippen molar-refractivity contribution in [2.45, 2.75) is 20.0 Å². The van der Waals surface area contributed by atoms with E-state index in [-0.39, 0.29) is 0 Å². The highest BCUT2D eigenvalue weighted by molar-refractivity contribution is 5.46. The van der Waals surface area contributed by atoms with E-state index in [0.29, 0.717) is 13.2 Å². The summed E-state index contributed by atoms with van der Waals surface area (Å²) in [6, 6.07) is 16.0. The first-order chi connectivity index (χ1) is 10.1. The Bertz CT molecular complexity index is 569. The molecule has 1 unspecified atom stereocenters. The minimum Gasteiger partial charge on any atom is -0.493 e. The summed E-state index contributed by atoms with van der Waals surface area (Å²) >= 11 is 0. The van der Waals surface area contributed by atoms with Crippen LogP contribution >= 0.6 is 0 Å². The van der Waals surface area contributed by atoms with Crippen molar-refractivity contribution >= 4 is 5.69 Å². The lowest BCUT2D eigenvalue weighted by molar-refractivity contribution is 0.178. The quantitative estimate of drug-likeness (QED) is 0.881. The number of aliphatic hydroxyl groups is 1. The molecule has 3 heteroatoms. The van der Waals surface area contributed by atoms with Crippen LogP contribution in [0.25, 0.3) is 0 Å². The topological polar surface area (TPSA) is 32.7 Å². The molecular weight excluding hydrogens is 262 g/mol. The molecule has 2 aromatic carbocycles. The molecule has 0 fully saturated rings. The summed E-state index contributed by atoms with van der Waals surface area (Å²) in [5.41, 5.74) is 3.05. The number of rotatable bonds is 6. The zero-order valence-electron chi connectivity index (χ0n) is 12.9. The largest absolute Gasteiger partial charge is 0.493 e. The third-order valence-electron chi connectivity index (χ3n) is 3.47. The minimum absolute atomic E-state index is 0.521. The molecular formula is C18H23NO2. The highest BCUT2D eigenvalue weighted by Gasteiger charge is 2.16. The van der Waals surface area contributed by atoms with Crippen LogP contribution in [0.2, 0.25) is 0 Å². The highest BCUT2D eigenvalue weighted by Crippen LogP contribution is 2.28. The summed E-state index contributed by atoms with van der Waals surface area (Å²) in [6.45, 7) is 5.09. The molecule has 0 aromatic heterocycles. The van der Waals surface area contributed by atoms with Crippen molar-refractivity contribution in [3.05, 3.63) is 59.7 Å². The molecule has 2 rings (SSSR count). The molecule has 1 N–H and O–H groups in total.